The van der Waals surface area contributed by atoms with Crippen molar-refractivity contribution >= 4 is 51.7 Å². The molecule has 1 aliphatic heterocycles. The summed E-state index contributed by atoms with van der Waals surface area (Å²) in [4.78, 5) is 32.7. The summed E-state index contributed by atoms with van der Waals surface area (Å²) in [5, 5.41) is 3.11. The molecule has 0 radical (unpaired) electrons. The number of nitrogens with one attached hydrogen (secondary N) is 1. The molecule has 2 aromatic rings. The summed E-state index contributed by atoms with van der Waals surface area (Å²) in [6, 6.07) is 3.69. The second kappa shape index (κ2) is 10.0. The molecule has 0 aliphatic carbocycles. The molecule has 7 nitrogen and oxygen atoms in total. The van der Waals surface area contributed by atoms with E-state index in [2.05, 4.69) is 16.9 Å². The molecule has 1 amide bonds. The molecular weight excluding hydrogens is 420 g/mol. The maximum Gasteiger partial charge on any atom is 0.267 e. The first-order valence-electron chi connectivity index (χ1n) is 9.67. The van der Waals surface area contributed by atoms with E-state index in [-0.39, 0.29) is 11.5 Å². The maximum absolute atomic E-state index is 13.2. The summed E-state index contributed by atoms with van der Waals surface area (Å²) in [6.45, 7) is 9.65. The highest BCUT2D eigenvalue weighted by Gasteiger charge is 2.32. The van der Waals surface area contributed by atoms with Gasteiger partial charge in [-0.2, -0.15) is 0 Å². The molecule has 1 saturated heterocycles. The Morgan fingerprint density at radius 2 is 2.20 bits per heavy atom. The molecular formula is C21H24N4O3S2. The predicted molar refractivity (Wildman–Crippen MR) is 126 cm³/mol. The number of nitrogens with zero attached hydrogens (tertiary/aromatic N) is 3. The Hall–Kier alpha value is -2.49. The number of pyridine rings is 1. The number of rotatable bonds is 9. The number of thiocarbonyl (C=S) groups is 1. The molecule has 0 aromatic carbocycles. The monoisotopic (exact) mass is 444 g/mol. The number of aryl methyl sites for hydroxylation is 1. The molecule has 0 unspecified atom stereocenters. The molecule has 158 valence electrons. The summed E-state index contributed by atoms with van der Waals surface area (Å²) < 4.78 is 7.30. The zero-order valence-corrected chi connectivity index (χ0v) is 18.6. The molecule has 0 atom stereocenters. The summed E-state index contributed by atoms with van der Waals surface area (Å²) in [6.07, 6.45) is 5.63. The predicted octanol–water partition coefficient (Wildman–Crippen LogP) is 3.23. The van der Waals surface area contributed by atoms with E-state index in [0.29, 0.717) is 59.0 Å². The number of ether oxygens (including phenoxy) is 1. The van der Waals surface area contributed by atoms with Crippen molar-refractivity contribution in [3.63, 3.8) is 0 Å². The van der Waals surface area contributed by atoms with E-state index in [0.717, 1.165) is 5.56 Å². The molecule has 0 bridgehead atoms. The van der Waals surface area contributed by atoms with Gasteiger partial charge in [0.2, 0.25) is 0 Å². The van der Waals surface area contributed by atoms with E-state index in [1.165, 1.54) is 16.2 Å². The fraction of sp³-hybridized carbons (Fsp3) is 0.333. The number of amides is 1. The van der Waals surface area contributed by atoms with Crippen LogP contribution in [0, 0.1) is 6.92 Å². The van der Waals surface area contributed by atoms with Crippen LogP contribution in [-0.4, -0.2) is 50.8 Å². The van der Waals surface area contributed by atoms with Gasteiger partial charge in [0.05, 0.1) is 10.5 Å². The molecule has 1 N–H and O–H groups in total. The molecule has 30 heavy (non-hydrogen) atoms. The first-order chi connectivity index (χ1) is 14.5. The van der Waals surface area contributed by atoms with Crippen LogP contribution in [0.3, 0.4) is 0 Å². The average molecular weight is 445 g/mol. The smallest absolute Gasteiger partial charge is 0.267 e. The topological polar surface area (TPSA) is 75.9 Å². The Balaban J connectivity index is 1.99. The van der Waals surface area contributed by atoms with Gasteiger partial charge in [0.15, 0.2) is 0 Å². The number of hydrogen-bond donors (Lipinski definition) is 1. The largest absolute Gasteiger partial charge is 0.382 e. The van der Waals surface area contributed by atoms with Crippen molar-refractivity contribution in [2.24, 2.45) is 0 Å². The fourth-order valence-electron chi connectivity index (χ4n) is 3.04. The van der Waals surface area contributed by atoms with Crippen LogP contribution in [-0.2, 0) is 9.53 Å². The highest BCUT2D eigenvalue weighted by molar-refractivity contribution is 8.26. The number of carbonyl (C=O) groups is 1. The third-order valence-corrected chi connectivity index (χ3v) is 5.90. The lowest BCUT2D eigenvalue weighted by atomic mass is 10.2. The van der Waals surface area contributed by atoms with Gasteiger partial charge in [-0.1, -0.05) is 36.1 Å². The Bertz CT molecular complexity index is 1080. The zero-order chi connectivity index (χ0) is 21.7. The third-order valence-electron chi connectivity index (χ3n) is 4.52. The van der Waals surface area contributed by atoms with Gasteiger partial charge >= 0.3 is 0 Å². The number of carbonyl (C=O) groups excluding carboxylic acids is 1. The molecule has 0 spiro atoms. The number of fused-ring (bicyclic) bond motifs is 1. The minimum Gasteiger partial charge on any atom is -0.382 e. The van der Waals surface area contributed by atoms with Crippen LogP contribution in [0.25, 0.3) is 11.7 Å². The van der Waals surface area contributed by atoms with Gasteiger partial charge in [-0.15, -0.1) is 6.58 Å². The summed E-state index contributed by atoms with van der Waals surface area (Å²) in [7, 11) is 0. The van der Waals surface area contributed by atoms with Crippen molar-refractivity contribution < 1.29 is 9.53 Å². The lowest BCUT2D eigenvalue weighted by molar-refractivity contribution is -0.122. The van der Waals surface area contributed by atoms with Crippen LogP contribution in [0.4, 0.5) is 5.82 Å². The Morgan fingerprint density at radius 1 is 1.40 bits per heavy atom. The highest BCUT2D eigenvalue weighted by atomic mass is 32.2. The zero-order valence-electron chi connectivity index (χ0n) is 17.0. The van der Waals surface area contributed by atoms with Crippen molar-refractivity contribution in [3.05, 3.63) is 57.4 Å². The van der Waals surface area contributed by atoms with Gasteiger partial charge in [-0.05, 0) is 38.0 Å². The quantitative estimate of drug-likeness (QED) is 0.275. The van der Waals surface area contributed by atoms with E-state index < -0.39 is 0 Å². The van der Waals surface area contributed by atoms with E-state index in [1.54, 1.807) is 29.3 Å². The molecule has 2 aromatic heterocycles. The number of thioether (sulfide) groups is 1. The highest BCUT2D eigenvalue weighted by Crippen LogP contribution is 2.33. The van der Waals surface area contributed by atoms with Crippen molar-refractivity contribution in [2.75, 3.05) is 31.6 Å². The van der Waals surface area contributed by atoms with Crippen LogP contribution >= 0.6 is 24.0 Å². The van der Waals surface area contributed by atoms with Gasteiger partial charge in [-0.3, -0.25) is 18.9 Å². The Morgan fingerprint density at radius 3 is 2.93 bits per heavy atom. The number of hydrogen-bond acceptors (Lipinski definition) is 7. The standard InChI is InChI=1S/C21H24N4O3S2/c1-4-9-22-17-15(19(26)24-10-6-8-14(3)18(24)23-17)13-16-20(27)25(21(29)30-16)11-7-12-28-5-2/h4,6,8,10,13,22H,1,5,7,9,11-12H2,2-3H3/b16-13+. The number of aromatic nitrogens is 2. The van der Waals surface area contributed by atoms with Gasteiger partial charge in [0, 0.05) is 32.5 Å². The first kappa shape index (κ1) is 22.2. The lowest BCUT2D eigenvalue weighted by Crippen LogP contribution is -2.29. The van der Waals surface area contributed by atoms with E-state index in [4.69, 9.17) is 17.0 Å². The lowest BCUT2D eigenvalue weighted by Gasteiger charge is -2.14. The van der Waals surface area contributed by atoms with E-state index in [9.17, 15) is 9.59 Å². The van der Waals surface area contributed by atoms with Crippen molar-refractivity contribution in [2.45, 2.75) is 20.3 Å². The second-order valence-corrected chi connectivity index (χ2v) is 8.29. The van der Waals surface area contributed by atoms with Crippen molar-refractivity contribution in [1.82, 2.24) is 14.3 Å². The molecule has 1 aliphatic rings. The summed E-state index contributed by atoms with van der Waals surface area (Å²) in [5.74, 6) is 0.209. The molecule has 1 fully saturated rings. The minimum atomic E-state index is -0.253. The second-order valence-electron chi connectivity index (χ2n) is 6.62. The molecule has 3 heterocycles. The molecule has 9 heteroatoms. The van der Waals surface area contributed by atoms with Crippen LogP contribution in [0.5, 0.6) is 0 Å². The minimum absolute atomic E-state index is 0.204. The average Bonchev–Trinajstić information content (AvgIpc) is 2.99. The fourth-order valence-corrected chi connectivity index (χ4v) is 4.33. The Labute approximate surface area is 184 Å². The van der Waals surface area contributed by atoms with Crippen LogP contribution < -0.4 is 10.9 Å². The summed E-state index contributed by atoms with van der Waals surface area (Å²) in [5.41, 5.74) is 1.50. The van der Waals surface area contributed by atoms with Crippen LogP contribution in [0.15, 0.2) is 40.7 Å². The van der Waals surface area contributed by atoms with Gasteiger partial charge in [-0.25, -0.2) is 4.98 Å². The van der Waals surface area contributed by atoms with Crippen molar-refractivity contribution in [1.29, 1.82) is 0 Å². The van der Waals surface area contributed by atoms with Gasteiger partial charge in [0.25, 0.3) is 11.5 Å². The van der Waals surface area contributed by atoms with Crippen LogP contribution in [0.2, 0.25) is 0 Å². The maximum atomic E-state index is 13.2. The van der Waals surface area contributed by atoms with E-state index >= 15 is 0 Å². The van der Waals surface area contributed by atoms with E-state index in [1.807, 2.05) is 19.9 Å². The van der Waals surface area contributed by atoms with Crippen molar-refractivity contribution in [3.8, 4) is 0 Å². The van der Waals surface area contributed by atoms with Crippen LogP contribution in [0.1, 0.15) is 24.5 Å². The first-order valence-corrected chi connectivity index (χ1v) is 10.9. The molecule has 3 rings (SSSR count). The molecule has 0 saturated carbocycles. The van der Waals surface area contributed by atoms with Gasteiger partial charge in [0.1, 0.15) is 15.8 Å². The normalized spacial score (nSPS) is 15.4. The summed E-state index contributed by atoms with van der Waals surface area (Å²) >= 11 is 6.57. The Kier molecular flexibility index (Phi) is 7.41. The SMILES string of the molecule is C=CCNc1nc2c(C)cccn2c(=O)c1/C=C1/SC(=S)N(CCCOCC)C1=O. The van der Waals surface area contributed by atoms with Gasteiger partial charge < -0.3 is 10.1 Å². The number of anilines is 1. The third kappa shape index (κ3) is 4.63.